The lowest BCUT2D eigenvalue weighted by atomic mass is 9.46. The average molecular weight is 362 g/mol. The summed E-state index contributed by atoms with van der Waals surface area (Å²) in [6.45, 7) is 4.28. The van der Waals surface area contributed by atoms with Crippen molar-refractivity contribution in [1.29, 1.82) is 0 Å². The molecule has 0 heterocycles. The molecule has 144 valence electrons. The van der Waals surface area contributed by atoms with Gasteiger partial charge < -0.3 is 15.3 Å². The van der Waals surface area contributed by atoms with Crippen molar-refractivity contribution in [2.45, 2.75) is 71.2 Å². The van der Waals surface area contributed by atoms with E-state index in [9.17, 15) is 24.9 Å². The molecule has 0 unspecified atom stereocenters. The van der Waals surface area contributed by atoms with Crippen molar-refractivity contribution in [3.63, 3.8) is 0 Å². The summed E-state index contributed by atoms with van der Waals surface area (Å²) in [6.07, 6.45) is 7.05. The van der Waals surface area contributed by atoms with Gasteiger partial charge in [0.2, 0.25) is 0 Å². The maximum Gasteiger partial charge on any atom is 0.275 e. The number of carbonyl (C=O) groups is 2. The van der Waals surface area contributed by atoms with Crippen molar-refractivity contribution >= 4 is 11.6 Å². The first kappa shape index (κ1) is 18.3. The first-order valence-corrected chi connectivity index (χ1v) is 9.98. The van der Waals surface area contributed by atoms with Crippen molar-refractivity contribution in [3.05, 3.63) is 11.6 Å². The summed E-state index contributed by atoms with van der Waals surface area (Å²) < 4.78 is 0. The Labute approximate surface area is 154 Å². The molecule has 4 rings (SSSR count). The normalized spacial score (nSPS) is 45.7. The van der Waals surface area contributed by atoms with Crippen LogP contribution in [0.5, 0.6) is 0 Å². The van der Waals surface area contributed by atoms with Gasteiger partial charge >= 0.3 is 0 Å². The minimum absolute atomic E-state index is 0.0189. The molecule has 6 atom stereocenters. The van der Waals surface area contributed by atoms with Crippen molar-refractivity contribution in [1.82, 2.24) is 0 Å². The van der Waals surface area contributed by atoms with Crippen LogP contribution in [0.15, 0.2) is 11.6 Å². The van der Waals surface area contributed by atoms with Crippen molar-refractivity contribution in [2.75, 3.05) is 0 Å². The molecule has 0 aromatic carbocycles. The van der Waals surface area contributed by atoms with E-state index in [1.165, 1.54) is 5.57 Å². The van der Waals surface area contributed by atoms with Crippen molar-refractivity contribution < 1.29 is 24.9 Å². The summed E-state index contributed by atoms with van der Waals surface area (Å²) in [7, 11) is 0. The Balaban J connectivity index is 1.67. The van der Waals surface area contributed by atoms with Gasteiger partial charge in [0.25, 0.3) is 5.97 Å². The molecule has 4 aliphatic carbocycles. The zero-order chi connectivity index (χ0) is 18.9. The molecule has 0 aliphatic heterocycles. The highest BCUT2D eigenvalue weighted by Gasteiger charge is 2.62. The first-order valence-electron chi connectivity index (χ1n) is 9.98. The standard InChI is InChI=1S/C21H30O5/c1-19-8-7-14(22)9-12(19)3-5-15-16-6-4-13(10-21(24,25)26)20(16,2)11-17(23)18(15)19/h9,13,15-16,18,24-26H,3-8,10-11H2,1-2H3/t13-,15+,16+,18-,19+,20-/m1/s1. The molecule has 0 aromatic rings. The Hall–Kier alpha value is -1.04. The first-order chi connectivity index (χ1) is 12.0. The van der Waals surface area contributed by atoms with E-state index in [1.54, 1.807) is 6.08 Å². The fraction of sp³-hybridized carbons (Fsp3) is 0.810. The predicted molar refractivity (Wildman–Crippen MR) is 94.6 cm³/mol. The van der Waals surface area contributed by atoms with Crippen LogP contribution in [-0.2, 0) is 9.59 Å². The summed E-state index contributed by atoms with van der Waals surface area (Å²) in [6, 6.07) is 0. The molecule has 0 amide bonds. The number of carbonyl (C=O) groups excluding carboxylic acids is 2. The monoisotopic (exact) mass is 362 g/mol. The van der Waals surface area contributed by atoms with Crippen LogP contribution in [0.3, 0.4) is 0 Å². The van der Waals surface area contributed by atoms with Gasteiger partial charge in [-0.1, -0.05) is 19.4 Å². The maximum absolute atomic E-state index is 13.3. The zero-order valence-electron chi connectivity index (χ0n) is 15.7. The Morgan fingerprint density at radius 2 is 1.85 bits per heavy atom. The number of fused-ring (bicyclic) bond motifs is 5. The van der Waals surface area contributed by atoms with Crippen LogP contribution in [-0.4, -0.2) is 32.9 Å². The second kappa shape index (κ2) is 5.73. The molecule has 0 saturated heterocycles. The van der Waals surface area contributed by atoms with Gasteiger partial charge in [0, 0.05) is 25.2 Å². The van der Waals surface area contributed by atoms with Crippen LogP contribution < -0.4 is 0 Å². The maximum atomic E-state index is 13.3. The highest BCUT2D eigenvalue weighted by Crippen LogP contribution is 2.66. The summed E-state index contributed by atoms with van der Waals surface area (Å²) in [5.74, 6) is -1.62. The van der Waals surface area contributed by atoms with Gasteiger partial charge in [-0.15, -0.1) is 0 Å². The van der Waals surface area contributed by atoms with E-state index in [0.29, 0.717) is 24.7 Å². The molecular formula is C21H30O5. The highest BCUT2D eigenvalue weighted by molar-refractivity contribution is 5.93. The molecular weight excluding hydrogens is 332 g/mol. The lowest BCUT2D eigenvalue weighted by Gasteiger charge is -2.57. The second-order valence-electron chi connectivity index (χ2n) is 9.74. The number of rotatable bonds is 2. The molecule has 5 heteroatoms. The molecule has 0 aromatic heterocycles. The smallest absolute Gasteiger partial charge is 0.275 e. The van der Waals surface area contributed by atoms with Gasteiger partial charge in [-0.3, -0.25) is 9.59 Å². The van der Waals surface area contributed by atoms with Crippen LogP contribution >= 0.6 is 0 Å². The summed E-state index contributed by atoms with van der Waals surface area (Å²) in [4.78, 5) is 25.2. The van der Waals surface area contributed by atoms with E-state index >= 15 is 0 Å². The predicted octanol–water partition coefficient (Wildman–Crippen LogP) is 2.33. The van der Waals surface area contributed by atoms with Gasteiger partial charge in [0.15, 0.2) is 5.78 Å². The number of Topliss-reactive ketones (excluding diaryl/α,β-unsaturated/α-hetero) is 1. The quantitative estimate of drug-likeness (QED) is 0.656. The highest BCUT2D eigenvalue weighted by atomic mass is 16.7. The zero-order valence-corrected chi connectivity index (χ0v) is 15.7. The van der Waals surface area contributed by atoms with Crippen molar-refractivity contribution in [2.24, 2.45) is 34.5 Å². The van der Waals surface area contributed by atoms with Gasteiger partial charge in [-0.2, -0.15) is 0 Å². The van der Waals surface area contributed by atoms with Gasteiger partial charge in [-0.25, -0.2) is 0 Å². The van der Waals surface area contributed by atoms with E-state index in [1.807, 2.05) is 0 Å². The molecule has 3 N–H and O–H groups in total. The van der Waals surface area contributed by atoms with E-state index in [4.69, 9.17) is 0 Å². The van der Waals surface area contributed by atoms with E-state index in [0.717, 1.165) is 32.1 Å². The van der Waals surface area contributed by atoms with E-state index < -0.39 is 5.97 Å². The van der Waals surface area contributed by atoms with E-state index in [2.05, 4.69) is 13.8 Å². The number of ketones is 2. The number of hydrogen-bond acceptors (Lipinski definition) is 5. The van der Waals surface area contributed by atoms with Gasteiger partial charge in [0.05, 0.1) is 0 Å². The molecule has 3 saturated carbocycles. The third kappa shape index (κ3) is 2.62. The molecule has 0 bridgehead atoms. The molecule has 0 spiro atoms. The summed E-state index contributed by atoms with van der Waals surface area (Å²) >= 11 is 0. The SMILES string of the molecule is C[C@]12CC(=O)[C@H]3[C@@H](CCC4=CC(=O)CC[C@@]43C)[C@@H]1CC[C@@H]2CC(O)(O)O. The largest absolute Gasteiger partial charge is 0.344 e. The topological polar surface area (TPSA) is 94.8 Å². The Bertz CT molecular complexity index is 674. The average Bonchev–Trinajstić information content (AvgIpc) is 2.82. The van der Waals surface area contributed by atoms with Crippen LogP contribution in [0.25, 0.3) is 0 Å². The third-order valence-electron chi connectivity index (χ3n) is 8.37. The number of hydrogen-bond donors (Lipinski definition) is 3. The second-order valence-corrected chi connectivity index (χ2v) is 9.74. The lowest BCUT2D eigenvalue weighted by molar-refractivity contribution is -0.323. The molecule has 0 radical (unpaired) electrons. The fourth-order valence-corrected chi connectivity index (χ4v) is 7.15. The summed E-state index contributed by atoms with van der Waals surface area (Å²) in [5, 5.41) is 28.5. The molecule has 4 aliphatic rings. The summed E-state index contributed by atoms with van der Waals surface area (Å²) in [5.41, 5.74) is 0.698. The fourth-order valence-electron chi connectivity index (χ4n) is 7.15. The van der Waals surface area contributed by atoms with Crippen LogP contribution in [0.4, 0.5) is 0 Å². The number of allylic oxidation sites excluding steroid dienone is 1. The molecule has 3 fully saturated rings. The lowest BCUT2D eigenvalue weighted by Crippen LogP contribution is -2.55. The van der Waals surface area contributed by atoms with Gasteiger partial charge in [0.1, 0.15) is 5.78 Å². The van der Waals surface area contributed by atoms with Crippen LogP contribution in [0, 0.1) is 34.5 Å². The third-order valence-corrected chi connectivity index (χ3v) is 8.37. The molecule has 5 nitrogen and oxygen atoms in total. The van der Waals surface area contributed by atoms with Crippen LogP contribution in [0.1, 0.15) is 65.2 Å². The number of aliphatic hydroxyl groups is 3. The Kier molecular flexibility index (Phi) is 4.04. The Morgan fingerprint density at radius 1 is 1.12 bits per heavy atom. The minimum Gasteiger partial charge on any atom is -0.344 e. The van der Waals surface area contributed by atoms with Crippen LogP contribution in [0.2, 0.25) is 0 Å². The van der Waals surface area contributed by atoms with E-state index in [-0.39, 0.29) is 40.7 Å². The Morgan fingerprint density at radius 3 is 2.54 bits per heavy atom. The van der Waals surface area contributed by atoms with Crippen molar-refractivity contribution in [3.8, 4) is 0 Å². The molecule has 26 heavy (non-hydrogen) atoms. The van der Waals surface area contributed by atoms with Gasteiger partial charge in [-0.05, 0) is 66.8 Å². The minimum atomic E-state index is -2.67.